The fraction of sp³-hybridized carbons (Fsp3) is 0.231. The zero-order valence-electron chi connectivity index (χ0n) is 9.36. The number of pyridine rings is 2. The summed E-state index contributed by atoms with van der Waals surface area (Å²) in [6.07, 6.45) is 5.62. The summed E-state index contributed by atoms with van der Waals surface area (Å²) in [5, 5.41) is 2.29. The highest BCUT2D eigenvalue weighted by Gasteiger charge is 2.07. The van der Waals surface area contributed by atoms with Crippen molar-refractivity contribution in [3.63, 3.8) is 0 Å². The second kappa shape index (κ2) is 3.30. The van der Waals surface area contributed by atoms with Crippen LogP contribution in [0.1, 0.15) is 25.5 Å². The van der Waals surface area contributed by atoms with Crippen LogP contribution in [-0.2, 0) is 0 Å². The van der Waals surface area contributed by atoms with Crippen molar-refractivity contribution in [1.29, 1.82) is 0 Å². The second-order valence-electron chi connectivity index (χ2n) is 4.36. The summed E-state index contributed by atoms with van der Waals surface area (Å²) in [7, 11) is 0. The van der Waals surface area contributed by atoms with Crippen LogP contribution in [0.5, 0.6) is 0 Å². The zero-order valence-corrected chi connectivity index (χ0v) is 9.36. The van der Waals surface area contributed by atoms with Gasteiger partial charge in [-0.05, 0) is 18.1 Å². The Morgan fingerprint density at radius 1 is 1.12 bits per heavy atom. The van der Waals surface area contributed by atoms with Crippen LogP contribution in [0, 0.1) is 0 Å². The third kappa shape index (κ3) is 1.28. The Balaban J connectivity index is 2.37. The molecule has 3 aromatic rings. The molecule has 0 bridgehead atoms. The van der Waals surface area contributed by atoms with Gasteiger partial charge in [-0.25, -0.2) is 0 Å². The third-order valence-corrected chi connectivity index (χ3v) is 2.90. The summed E-state index contributed by atoms with van der Waals surface area (Å²) in [5.74, 6) is 0.453. The van der Waals surface area contributed by atoms with E-state index in [-0.39, 0.29) is 0 Å². The molecule has 0 fully saturated rings. The van der Waals surface area contributed by atoms with Gasteiger partial charge in [0.25, 0.3) is 0 Å². The van der Waals surface area contributed by atoms with E-state index in [4.69, 9.17) is 0 Å². The number of H-pyrrole nitrogens is 1. The number of aromatic amines is 1. The first-order valence-corrected chi connectivity index (χ1v) is 5.47. The van der Waals surface area contributed by atoms with E-state index in [0.29, 0.717) is 5.92 Å². The van der Waals surface area contributed by atoms with Gasteiger partial charge in [0.2, 0.25) is 0 Å². The molecule has 0 aromatic carbocycles. The first kappa shape index (κ1) is 9.33. The van der Waals surface area contributed by atoms with Crippen molar-refractivity contribution in [3.8, 4) is 0 Å². The molecule has 3 heteroatoms. The fourth-order valence-corrected chi connectivity index (χ4v) is 1.97. The van der Waals surface area contributed by atoms with Gasteiger partial charge < -0.3 is 4.98 Å². The van der Waals surface area contributed by atoms with E-state index < -0.39 is 0 Å². The summed E-state index contributed by atoms with van der Waals surface area (Å²) >= 11 is 0. The van der Waals surface area contributed by atoms with E-state index in [2.05, 4.69) is 34.9 Å². The molecule has 0 atom stereocenters. The quantitative estimate of drug-likeness (QED) is 0.671. The second-order valence-corrected chi connectivity index (χ2v) is 4.36. The summed E-state index contributed by atoms with van der Waals surface area (Å²) < 4.78 is 0. The normalized spacial score (nSPS) is 11.7. The molecular weight excluding hydrogens is 198 g/mol. The zero-order chi connectivity index (χ0) is 11.1. The van der Waals surface area contributed by atoms with Crippen molar-refractivity contribution in [3.05, 3.63) is 36.4 Å². The number of hydrogen-bond donors (Lipinski definition) is 1. The molecule has 1 N–H and O–H groups in total. The predicted molar refractivity (Wildman–Crippen MR) is 65.5 cm³/mol. The van der Waals surface area contributed by atoms with Gasteiger partial charge in [0.05, 0.1) is 0 Å². The van der Waals surface area contributed by atoms with Crippen LogP contribution in [0.2, 0.25) is 0 Å². The molecule has 16 heavy (non-hydrogen) atoms. The van der Waals surface area contributed by atoms with Crippen LogP contribution >= 0.6 is 0 Å². The number of aromatic nitrogens is 3. The lowest BCUT2D eigenvalue weighted by Crippen LogP contribution is -1.90. The van der Waals surface area contributed by atoms with E-state index >= 15 is 0 Å². The summed E-state index contributed by atoms with van der Waals surface area (Å²) in [6, 6.07) is 4.12. The molecule has 0 amide bonds. The SMILES string of the molecule is CC(C)c1cc2[nH]c3ccncc3c2cn1. The highest BCUT2D eigenvalue weighted by Crippen LogP contribution is 2.25. The number of rotatable bonds is 1. The lowest BCUT2D eigenvalue weighted by Gasteiger charge is -2.02. The van der Waals surface area contributed by atoms with Gasteiger partial charge in [-0.15, -0.1) is 0 Å². The van der Waals surface area contributed by atoms with Crippen LogP contribution in [0.25, 0.3) is 21.8 Å². The van der Waals surface area contributed by atoms with Gasteiger partial charge in [-0.2, -0.15) is 0 Å². The molecule has 0 radical (unpaired) electrons. The van der Waals surface area contributed by atoms with Crippen molar-refractivity contribution in [2.45, 2.75) is 19.8 Å². The van der Waals surface area contributed by atoms with E-state index in [0.717, 1.165) is 27.5 Å². The molecule has 3 aromatic heterocycles. The molecule has 0 saturated carbocycles. The fourth-order valence-electron chi connectivity index (χ4n) is 1.97. The Hall–Kier alpha value is -1.90. The largest absolute Gasteiger partial charge is 0.354 e. The molecule has 3 rings (SSSR count). The Labute approximate surface area is 93.5 Å². The van der Waals surface area contributed by atoms with Crippen molar-refractivity contribution in [2.24, 2.45) is 0 Å². The highest BCUT2D eigenvalue weighted by atomic mass is 14.8. The van der Waals surface area contributed by atoms with Gasteiger partial charge in [-0.3, -0.25) is 9.97 Å². The topological polar surface area (TPSA) is 41.6 Å². The number of hydrogen-bond acceptors (Lipinski definition) is 2. The molecular formula is C13H13N3. The molecule has 3 nitrogen and oxygen atoms in total. The Morgan fingerprint density at radius 2 is 1.94 bits per heavy atom. The van der Waals surface area contributed by atoms with Gasteiger partial charge in [0, 0.05) is 46.1 Å². The lowest BCUT2D eigenvalue weighted by molar-refractivity contribution is 0.826. The van der Waals surface area contributed by atoms with Crippen molar-refractivity contribution >= 4 is 21.8 Å². The standard InChI is InChI=1S/C13H13N3/c1-8(2)12-5-13-10(7-15-12)9-6-14-4-3-11(9)16-13/h3-8,16H,1-2H3. The summed E-state index contributed by atoms with van der Waals surface area (Å²) in [5.41, 5.74) is 3.38. The first-order chi connectivity index (χ1) is 7.75. The van der Waals surface area contributed by atoms with Crippen LogP contribution in [0.3, 0.4) is 0 Å². The van der Waals surface area contributed by atoms with Gasteiger partial charge in [-0.1, -0.05) is 13.8 Å². The monoisotopic (exact) mass is 211 g/mol. The highest BCUT2D eigenvalue weighted by molar-refractivity contribution is 6.06. The lowest BCUT2D eigenvalue weighted by atomic mass is 10.1. The third-order valence-electron chi connectivity index (χ3n) is 2.90. The smallest absolute Gasteiger partial charge is 0.0499 e. The summed E-state index contributed by atoms with van der Waals surface area (Å²) in [6.45, 7) is 4.30. The molecule has 0 aliphatic carbocycles. The van der Waals surface area contributed by atoms with Crippen LogP contribution in [0.4, 0.5) is 0 Å². The van der Waals surface area contributed by atoms with Crippen molar-refractivity contribution in [2.75, 3.05) is 0 Å². The van der Waals surface area contributed by atoms with E-state index in [1.54, 1.807) is 6.20 Å². The van der Waals surface area contributed by atoms with Gasteiger partial charge >= 0.3 is 0 Å². The van der Waals surface area contributed by atoms with Crippen molar-refractivity contribution < 1.29 is 0 Å². The minimum absolute atomic E-state index is 0.453. The molecule has 0 saturated heterocycles. The maximum atomic E-state index is 4.48. The molecule has 0 unspecified atom stereocenters. The molecule has 0 spiro atoms. The van der Waals surface area contributed by atoms with E-state index in [1.807, 2.05) is 18.5 Å². The molecule has 0 aliphatic rings. The molecule has 0 aliphatic heterocycles. The van der Waals surface area contributed by atoms with Crippen LogP contribution in [0.15, 0.2) is 30.7 Å². The maximum absolute atomic E-state index is 4.48. The number of nitrogens with zero attached hydrogens (tertiary/aromatic N) is 2. The average molecular weight is 211 g/mol. The molecule has 3 heterocycles. The van der Waals surface area contributed by atoms with E-state index in [1.165, 1.54) is 0 Å². The maximum Gasteiger partial charge on any atom is 0.0499 e. The van der Waals surface area contributed by atoms with Gasteiger partial charge in [0.15, 0.2) is 0 Å². The minimum Gasteiger partial charge on any atom is -0.354 e. The Morgan fingerprint density at radius 3 is 2.75 bits per heavy atom. The van der Waals surface area contributed by atoms with Crippen LogP contribution in [-0.4, -0.2) is 15.0 Å². The molecule has 80 valence electrons. The average Bonchev–Trinajstić information content (AvgIpc) is 2.66. The van der Waals surface area contributed by atoms with Gasteiger partial charge in [0.1, 0.15) is 0 Å². The minimum atomic E-state index is 0.453. The van der Waals surface area contributed by atoms with E-state index in [9.17, 15) is 0 Å². The summed E-state index contributed by atoms with van der Waals surface area (Å²) in [4.78, 5) is 12.0. The Kier molecular flexibility index (Phi) is 1.93. The van der Waals surface area contributed by atoms with Crippen molar-refractivity contribution in [1.82, 2.24) is 15.0 Å². The van der Waals surface area contributed by atoms with Crippen LogP contribution < -0.4 is 0 Å². The number of fused-ring (bicyclic) bond motifs is 3. The predicted octanol–water partition coefficient (Wildman–Crippen LogP) is 3.23. The Bertz CT molecular complexity index is 652. The first-order valence-electron chi connectivity index (χ1n) is 5.47. The number of nitrogens with one attached hydrogen (secondary N) is 1.